The van der Waals surface area contributed by atoms with Gasteiger partial charge in [-0.05, 0) is 86.6 Å². The van der Waals surface area contributed by atoms with Crippen molar-refractivity contribution in [1.82, 2.24) is 0 Å². The minimum atomic E-state index is -3.69. The molecule has 32 heavy (non-hydrogen) atoms. The van der Waals surface area contributed by atoms with Crippen LogP contribution in [0.15, 0.2) is 41.3 Å². The Hall–Kier alpha value is -2.32. The smallest absolute Gasteiger partial charge is 0.255 e. The standard InChI is InChI=1S/C24H25F2NO4S/c1-24(29)15-9-16(24)11-18(10-15)32(30,31)22-8-14(4-6-19(22)13-2-3-13)23(28)27-17-5-7-20(25)21(26)12-17/h4-8,12-13,15-16,18,29H,2-3,9-11H2,1H3,(H,27,28). The van der Waals surface area contributed by atoms with Gasteiger partial charge < -0.3 is 10.4 Å². The molecule has 2 aromatic carbocycles. The lowest BCUT2D eigenvalue weighted by Crippen LogP contribution is -2.60. The number of benzene rings is 2. The molecule has 2 N–H and O–H groups in total. The highest BCUT2D eigenvalue weighted by atomic mass is 32.2. The molecule has 2 atom stereocenters. The van der Waals surface area contributed by atoms with Crippen LogP contribution in [-0.2, 0) is 9.84 Å². The van der Waals surface area contributed by atoms with Gasteiger partial charge in [-0.15, -0.1) is 0 Å². The highest BCUT2D eigenvalue weighted by Gasteiger charge is 2.57. The molecule has 0 heterocycles. The van der Waals surface area contributed by atoms with Crippen LogP contribution < -0.4 is 5.32 Å². The number of anilines is 1. The van der Waals surface area contributed by atoms with Gasteiger partial charge in [0.1, 0.15) is 0 Å². The van der Waals surface area contributed by atoms with Crippen LogP contribution in [-0.4, -0.2) is 30.3 Å². The Balaban J connectivity index is 1.45. The van der Waals surface area contributed by atoms with E-state index in [0.717, 1.165) is 37.0 Å². The van der Waals surface area contributed by atoms with Crippen molar-refractivity contribution >= 4 is 21.4 Å². The van der Waals surface area contributed by atoms with E-state index >= 15 is 0 Å². The molecular weight excluding hydrogens is 436 g/mol. The Bertz CT molecular complexity index is 1190. The van der Waals surface area contributed by atoms with Crippen molar-refractivity contribution in [2.45, 2.75) is 60.7 Å². The fourth-order valence-corrected chi connectivity index (χ4v) is 7.44. The number of hydrogen-bond acceptors (Lipinski definition) is 4. The summed E-state index contributed by atoms with van der Waals surface area (Å²) in [7, 11) is -3.69. The zero-order valence-electron chi connectivity index (χ0n) is 17.6. The summed E-state index contributed by atoms with van der Waals surface area (Å²) in [5, 5.41) is 12.4. The molecule has 2 unspecified atom stereocenters. The fourth-order valence-electron chi connectivity index (χ4n) is 5.26. The summed E-state index contributed by atoms with van der Waals surface area (Å²) in [6, 6.07) is 7.72. The SMILES string of the molecule is CC1(O)C2CC1CC(S(=O)(=O)c1cc(C(=O)Nc3ccc(F)c(F)c3)ccc1C1CC1)C2. The largest absolute Gasteiger partial charge is 0.390 e. The van der Waals surface area contributed by atoms with Gasteiger partial charge in [0.15, 0.2) is 21.5 Å². The van der Waals surface area contributed by atoms with E-state index in [1.54, 1.807) is 19.1 Å². The van der Waals surface area contributed by atoms with Gasteiger partial charge in [-0.1, -0.05) is 6.07 Å². The van der Waals surface area contributed by atoms with Crippen molar-refractivity contribution in [2.75, 3.05) is 5.32 Å². The van der Waals surface area contributed by atoms with Crippen molar-refractivity contribution in [3.05, 3.63) is 59.2 Å². The van der Waals surface area contributed by atoms with Gasteiger partial charge in [0.05, 0.1) is 15.7 Å². The molecule has 5 nitrogen and oxygen atoms in total. The second kappa shape index (κ2) is 7.35. The third kappa shape index (κ3) is 3.53. The summed E-state index contributed by atoms with van der Waals surface area (Å²) in [6.07, 6.45) is 3.51. The molecule has 0 aromatic heterocycles. The van der Waals surface area contributed by atoms with Crippen LogP contribution in [0.5, 0.6) is 0 Å². The molecular formula is C24H25F2NO4S. The lowest BCUT2D eigenvalue weighted by Gasteiger charge is -2.56. The van der Waals surface area contributed by atoms with Crippen LogP contribution in [0, 0.1) is 23.5 Å². The highest BCUT2D eigenvalue weighted by Crippen LogP contribution is 2.55. The number of halogens is 2. The number of amides is 1. The number of rotatable bonds is 5. The average molecular weight is 462 g/mol. The Morgan fingerprint density at radius 1 is 1.03 bits per heavy atom. The first-order chi connectivity index (χ1) is 15.1. The Morgan fingerprint density at radius 2 is 1.72 bits per heavy atom. The minimum absolute atomic E-state index is 0.0229. The highest BCUT2D eigenvalue weighted by molar-refractivity contribution is 7.92. The first kappa shape index (κ1) is 21.5. The van der Waals surface area contributed by atoms with Gasteiger partial charge in [0.25, 0.3) is 5.91 Å². The molecule has 0 saturated heterocycles. The molecule has 8 heteroatoms. The van der Waals surface area contributed by atoms with Gasteiger partial charge in [-0.25, -0.2) is 17.2 Å². The summed E-state index contributed by atoms with van der Waals surface area (Å²) >= 11 is 0. The summed E-state index contributed by atoms with van der Waals surface area (Å²) < 4.78 is 53.9. The van der Waals surface area contributed by atoms with E-state index in [4.69, 9.17) is 0 Å². The van der Waals surface area contributed by atoms with Crippen molar-refractivity contribution < 1.29 is 27.1 Å². The van der Waals surface area contributed by atoms with E-state index in [9.17, 15) is 27.1 Å². The summed E-state index contributed by atoms with van der Waals surface area (Å²) in [5.74, 6) is -2.57. The zero-order chi connectivity index (χ0) is 22.8. The first-order valence-corrected chi connectivity index (χ1v) is 12.5. The second-order valence-corrected chi connectivity index (χ2v) is 11.8. The third-order valence-electron chi connectivity index (χ3n) is 7.53. The molecule has 0 aliphatic heterocycles. The lowest BCUT2D eigenvalue weighted by atomic mass is 9.54. The first-order valence-electron chi connectivity index (χ1n) is 10.9. The number of aliphatic hydroxyl groups is 1. The van der Waals surface area contributed by atoms with Gasteiger partial charge in [-0.3, -0.25) is 4.79 Å². The number of sulfone groups is 1. The average Bonchev–Trinajstić information content (AvgIpc) is 3.61. The Kier molecular flexibility index (Phi) is 4.94. The van der Waals surface area contributed by atoms with Gasteiger partial charge >= 0.3 is 0 Å². The van der Waals surface area contributed by atoms with Crippen LogP contribution in [0.3, 0.4) is 0 Å². The summed E-state index contributed by atoms with van der Waals surface area (Å²) in [4.78, 5) is 12.9. The maximum Gasteiger partial charge on any atom is 0.255 e. The Morgan fingerprint density at radius 3 is 2.31 bits per heavy atom. The van der Waals surface area contributed by atoms with Crippen molar-refractivity contribution in [3.8, 4) is 0 Å². The van der Waals surface area contributed by atoms with Crippen LogP contribution in [0.4, 0.5) is 14.5 Å². The van der Waals surface area contributed by atoms with E-state index in [0.29, 0.717) is 12.8 Å². The molecule has 4 fully saturated rings. The quantitative estimate of drug-likeness (QED) is 0.691. The molecule has 2 bridgehead atoms. The fraction of sp³-hybridized carbons (Fsp3) is 0.458. The lowest BCUT2D eigenvalue weighted by molar-refractivity contribution is -0.162. The molecule has 2 aromatic rings. The molecule has 6 rings (SSSR count). The zero-order valence-corrected chi connectivity index (χ0v) is 18.5. The van der Waals surface area contributed by atoms with Gasteiger partial charge in [0, 0.05) is 17.3 Å². The third-order valence-corrected chi connectivity index (χ3v) is 9.76. The van der Waals surface area contributed by atoms with E-state index in [1.807, 2.05) is 0 Å². The molecule has 4 aliphatic carbocycles. The number of fused-ring (bicyclic) bond motifs is 2. The van der Waals surface area contributed by atoms with Crippen LogP contribution in [0.25, 0.3) is 0 Å². The maximum absolute atomic E-state index is 13.6. The predicted octanol–water partition coefficient (Wildman–Crippen LogP) is 4.42. The maximum atomic E-state index is 13.6. The van der Waals surface area contributed by atoms with Crippen molar-refractivity contribution in [3.63, 3.8) is 0 Å². The molecule has 0 spiro atoms. The van der Waals surface area contributed by atoms with Crippen molar-refractivity contribution in [2.24, 2.45) is 11.8 Å². The molecule has 170 valence electrons. The van der Waals surface area contributed by atoms with E-state index in [2.05, 4.69) is 5.32 Å². The molecule has 1 amide bonds. The number of carbonyl (C=O) groups is 1. The van der Waals surface area contributed by atoms with Gasteiger partial charge in [0.2, 0.25) is 0 Å². The van der Waals surface area contributed by atoms with Gasteiger partial charge in [-0.2, -0.15) is 0 Å². The number of carbonyl (C=O) groups excluding carboxylic acids is 1. The minimum Gasteiger partial charge on any atom is -0.390 e. The number of nitrogens with one attached hydrogen (secondary N) is 1. The van der Waals surface area contributed by atoms with E-state index in [1.165, 1.54) is 12.1 Å². The Labute approximate surface area is 185 Å². The number of hydrogen-bond donors (Lipinski definition) is 2. The van der Waals surface area contributed by atoms with Crippen LogP contribution >= 0.6 is 0 Å². The normalized spacial score (nSPS) is 29.3. The van der Waals surface area contributed by atoms with Crippen LogP contribution in [0.2, 0.25) is 0 Å². The molecule has 0 radical (unpaired) electrons. The van der Waals surface area contributed by atoms with E-state index < -0.39 is 38.2 Å². The topological polar surface area (TPSA) is 83.5 Å². The summed E-state index contributed by atoms with van der Waals surface area (Å²) in [6.45, 7) is 1.79. The molecule has 4 aliphatic rings. The second-order valence-electron chi connectivity index (χ2n) is 9.60. The predicted molar refractivity (Wildman–Crippen MR) is 115 cm³/mol. The summed E-state index contributed by atoms with van der Waals surface area (Å²) in [5.41, 5.74) is 0.169. The van der Waals surface area contributed by atoms with Crippen molar-refractivity contribution in [1.29, 1.82) is 0 Å². The molecule has 4 saturated carbocycles. The monoisotopic (exact) mass is 461 g/mol. The van der Waals surface area contributed by atoms with E-state index in [-0.39, 0.29) is 33.9 Å². The van der Waals surface area contributed by atoms with Crippen LogP contribution in [0.1, 0.15) is 60.9 Å².